The van der Waals surface area contributed by atoms with Gasteiger partial charge >= 0.3 is 5.97 Å². The van der Waals surface area contributed by atoms with Gasteiger partial charge in [0.25, 0.3) is 0 Å². The highest BCUT2D eigenvalue weighted by molar-refractivity contribution is 5.76. The highest BCUT2D eigenvalue weighted by Gasteiger charge is 2.06. The van der Waals surface area contributed by atoms with Crippen molar-refractivity contribution in [3.05, 3.63) is 0 Å². The van der Waals surface area contributed by atoms with E-state index in [0.29, 0.717) is 31.8 Å². The Hall–Kier alpha value is -1.06. The van der Waals surface area contributed by atoms with Crippen LogP contribution in [0.4, 0.5) is 0 Å². The first-order valence-electron chi connectivity index (χ1n) is 11.5. The van der Waals surface area contributed by atoms with E-state index in [9.17, 15) is 9.59 Å². The van der Waals surface area contributed by atoms with Crippen LogP contribution in [0.3, 0.4) is 0 Å². The SMILES string of the molecule is CCCCCCCCCCCCNC(=O)CCCC(=O)OCCCC(C)C. The maximum Gasteiger partial charge on any atom is 0.305 e. The molecule has 4 nitrogen and oxygen atoms in total. The molecule has 0 saturated carbocycles. The summed E-state index contributed by atoms with van der Waals surface area (Å²) in [5.74, 6) is 0.516. The topological polar surface area (TPSA) is 55.4 Å². The van der Waals surface area contributed by atoms with Gasteiger partial charge in [-0.15, -0.1) is 0 Å². The average Bonchev–Trinajstić information content (AvgIpc) is 2.63. The molecule has 0 fully saturated rings. The summed E-state index contributed by atoms with van der Waals surface area (Å²) in [7, 11) is 0. The van der Waals surface area contributed by atoms with Gasteiger partial charge in [-0.05, 0) is 31.6 Å². The Morgan fingerprint density at radius 1 is 0.778 bits per heavy atom. The Kier molecular flexibility index (Phi) is 18.9. The van der Waals surface area contributed by atoms with Gasteiger partial charge in [-0.1, -0.05) is 78.6 Å². The molecule has 0 saturated heterocycles. The number of unbranched alkanes of at least 4 members (excludes halogenated alkanes) is 9. The molecule has 0 aromatic carbocycles. The predicted molar refractivity (Wildman–Crippen MR) is 114 cm³/mol. The summed E-state index contributed by atoms with van der Waals surface area (Å²) in [6.45, 7) is 7.84. The lowest BCUT2D eigenvalue weighted by Crippen LogP contribution is -2.24. The Balaban J connectivity index is 3.31. The van der Waals surface area contributed by atoms with Crippen molar-refractivity contribution in [2.45, 2.75) is 117 Å². The highest BCUT2D eigenvalue weighted by atomic mass is 16.5. The van der Waals surface area contributed by atoms with Crippen LogP contribution in [0.5, 0.6) is 0 Å². The second-order valence-corrected chi connectivity index (χ2v) is 8.14. The molecule has 0 aliphatic heterocycles. The largest absolute Gasteiger partial charge is 0.466 e. The Morgan fingerprint density at radius 2 is 1.37 bits per heavy atom. The molecule has 0 aromatic heterocycles. The molecule has 0 aliphatic carbocycles. The van der Waals surface area contributed by atoms with Crippen molar-refractivity contribution in [1.29, 1.82) is 0 Å². The Morgan fingerprint density at radius 3 is 1.96 bits per heavy atom. The molecular weight excluding hydrogens is 338 g/mol. The van der Waals surface area contributed by atoms with E-state index in [2.05, 4.69) is 26.1 Å². The van der Waals surface area contributed by atoms with E-state index in [0.717, 1.165) is 25.8 Å². The first-order chi connectivity index (χ1) is 13.1. The lowest BCUT2D eigenvalue weighted by molar-refractivity contribution is -0.144. The molecule has 0 heterocycles. The van der Waals surface area contributed by atoms with E-state index >= 15 is 0 Å². The van der Waals surface area contributed by atoms with Crippen LogP contribution in [0.15, 0.2) is 0 Å². The second-order valence-electron chi connectivity index (χ2n) is 8.14. The van der Waals surface area contributed by atoms with Gasteiger partial charge in [0.15, 0.2) is 0 Å². The van der Waals surface area contributed by atoms with Crippen LogP contribution in [0.1, 0.15) is 117 Å². The van der Waals surface area contributed by atoms with Gasteiger partial charge in [0.05, 0.1) is 6.61 Å². The lowest BCUT2D eigenvalue weighted by Gasteiger charge is -2.07. The zero-order valence-corrected chi connectivity index (χ0v) is 18.3. The average molecular weight is 384 g/mol. The van der Waals surface area contributed by atoms with E-state index in [1.807, 2.05) is 0 Å². The zero-order chi connectivity index (χ0) is 20.2. The van der Waals surface area contributed by atoms with Crippen molar-refractivity contribution < 1.29 is 14.3 Å². The molecule has 0 atom stereocenters. The first-order valence-corrected chi connectivity index (χ1v) is 11.5. The normalized spacial score (nSPS) is 11.0. The molecular formula is C23H45NO3. The smallest absolute Gasteiger partial charge is 0.305 e. The van der Waals surface area contributed by atoms with Gasteiger partial charge in [0.1, 0.15) is 0 Å². The van der Waals surface area contributed by atoms with Crippen LogP contribution >= 0.6 is 0 Å². The van der Waals surface area contributed by atoms with E-state index in [1.54, 1.807) is 0 Å². The standard InChI is InChI=1S/C23H45NO3/c1-4-5-6-7-8-9-10-11-12-13-19-24-22(25)17-14-18-23(26)27-20-15-16-21(2)3/h21H,4-20H2,1-3H3,(H,24,25). The molecule has 4 heteroatoms. The van der Waals surface area contributed by atoms with Crippen LogP contribution in [-0.4, -0.2) is 25.0 Å². The van der Waals surface area contributed by atoms with Crippen molar-refractivity contribution in [2.75, 3.05) is 13.2 Å². The predicted octanol–water partition coefficient (Wildman–Crippen LogP) is 6.17. The molecule has 0 unspecified atom stereocenters. The third-order valence-electron chi connectivity index (χ3n) is 4.83. The molecule has 0 spiro atoms. The van der Waals surface area contributed by atoms with Gasteiger partial charge in [-0.3, -0.25) is 9.59 Å². The molecule has 0 radical (unpaired) electrons. The van der Waals surface area contributed by atoms with Crippen LogP contribution in [-0.2, 0) is 14.3 Å². The number of ether oxygens (including phenoxy) is 1. The summed E-state index contributed by atoms with van der Waals surface area (Å²) in [5, 5.41) is 2.96. The van der Waals surface area contributed by atoms with Crippen molar-refractivity contribution in [3.63, 3.8) is 0 Å². The van der Waals surface area contributed by atoms with Crippen molar-refractivity contribution in [3.8, 4) is 0 Å². The quantitative estimate of drug-likeness (QED) is 0.214. The van der Waals surface area contributed by atoms with Crippen molar-refractivity contribution >= 4 is 11.9 Å². The Bertz CT molecular complexity index is 356. The summed E-state index contributed by atoms with van der Waals surface area (Å²) in [6.07, 6.45) is 16.3. The van der Waals surface area contributed by atoms with Crippen LogP contribution in [0.25, 0.3) is 0 Å². The summed E-state index contributed by atoms with van der Waals surface area (Å²) in [4.78, 5) is 23.3. The minimum Gasteiger partial charge on any atom is -0.466 e. The van der Waals surface area contributed by atoms with Gasteiger partial charge in [-0.2, -0.15) is 0 Å². The summed E-state index contributed by atoms with van der Waals surface area (Å²) < 4.78 is 5.18. The fraction of sp³-hybridized carbons (Fsp3) is 0.913. The zero-order valence-electron chi connectivity index (χ0n) is 18.3. The summed E-state index contributed by atoms with van der Waals surface area (Å²) in [6, 6.07) is 0. The number of hydrogen-bond donors (Lipinski definition) is 1. The molecule has 1 N–H and O–H groups in total. The number of carbonyl (C=O) groups is 2. The van der Waals surface area contributed by atoms with Gasteiger partial charge in [0.2, 0.25) is 5.91 Å². The second kappa shape index (κ2) is 19.7. The molecule has 27 heavy (non-hydrogen) atoms. The van der Waals surface area contributed by atoms with E-state index < -0.39 is 0 Å². The minimum absolute atomic E-state index is 0.0542. The van der Waals surface area contributed by atoms with Crippen molar-refractivity contribution in [2.24, 2.45) is 5.92 Å². The maximum absolute atomic E-state index is 11.8. The molecule has 1 amide bonds. The van der Waals surface area contributed by atoms with Gasteiger partial charge in [-0.25, -0.2) is 0 Å². The monoisotopic (exact) mass is 383 g/mol. The number of rotatable bonds is 19. The lowest BCUT2D eigenvalue weighted by atomic mass is 10.1. The van der Waals surface area contributed by atoms with Crippen LogP contribution < -0.4 is 5.32 Å². The number of nitrogens with one attached hydrogen (secondary N) is 1. The Labute approximate surface area is 168 Å². The van der Waals surface area contributed by atoms with Gasteiger partial charge in [0, 0.05) is 19.4 Å². The third kappa shape index (κ3) is 21.1. The molecule has 0 bridgehead atoms. The number of hydrogen-bond acceptors (Lipinski definition) is 3. The third-order valence-corrected chi connectivity index (χ3v) is 4.83. The maximum atomic E-state index is 11.8. The van der Waals surface area contributed by atoms with E-state index in [4.69, 9.17) is 4.74 Å². The number of amides is 1. The molecule has 0 aromatic rings. The van der Waals surface area contributed by atoms with E-state index in [1.165, 1.54) is 57.8 Å². The number of carbonyl (C=O) groups excluding carboxylic acids is 2. The fourth-order valence-corrected chi connectivity index (χ4v) is 3.07. The van der Waals surface area contributed by atoms with E-state index in [-0.39, 0.29) is 11.9 Å². The summed E-state index contributed by atoms with van der Waals surface area (Å²) >= 11 is 0. The van der Waals surface area contributed by atoms with Crippen LogP contribution in [0.2, 0.25) is 0 Å². The highest BCUT2D eigenvalue weighted by Crippen LogP contribution is 2.10. The molecule has 0 aliphatic rings. The summed E-state index contributed by atoms with van der Waals surface area (Å²) in [5.41, 5.74) is 0. The first kappa shape index (κ1) is 25.9. The van der Waals surface area contributed by atoms with Crippen molar-refractivity contribution in [1.82, 2.24) is 5.32 Å². The number of esters is 1. The molecule has 0 rings (SSSR count). The minimum atomic E-state index is -0.179. The molecule has 160 valence electrons. The van der Waals surface area contributed by atoms with Gasteiger partial charge < -0.3 is 10.1 Å². The van der Waals surface area contributed by atoms with Crippen LogP contribution in [0, 0.1) is 5.92 Å². The fourth-order valence-electron chi connectivity index (χ4n) is 3.07.